The third kappa shape index (κ3) is 6.00. The highest BCUT2D eigenvalue weighted by Gasteiger charge is 2.40. The van der Waals surface area contributed by atoms with Crippen LogP contribution in [-0.2, 0) is 23.9 Å². The molecule has 32 heavy (non-hydrogen) atoms. The number of esters is 1. The monoisotopic (exact) mass is 450 g/mol. The smallest absolute Gasteiger partial charge is 0.306 e. The number of nitrogens with two attached hydrogens (primary N) is 1. The van der Waals surface area contributed by atoms with Crippen molar-refractivity contribution in [3.05, 3.63) is 39.9 Å². The number of rotatable bonds is 9. The zero-order chi connectivity index (χ0) is 24.0. The predicted molar refractivity (Wildman–Crippen MR) is 110 cm³/mol. The molecule has 1 aliphatic rings. The van der Waals surface area contributed by atoms with Crippen LogP contribution in [0.25, 0.3) is 0 Å². The molecule has 1 saturated heterocycles. The number of primary amides is 1. The van der Waals surface area contributed by atoms with Crippen molar-refractivity contribution in [2.45, 2.75) is 50.8 Å². The molecule has 0 aliphatic carbocycles. The Kier molecular flexibility index (Phi) is 8.24. The number of nitrogens with one attached hydrogen (secondary N) is 1. The number of hydrogen-bond acceptors (Lipinski definition) is 8. The van der Waals surface area contributed by atoms with E-state index in [9.17, 15) is 34.4 Å². The van der Waals surface area contributed by atoms with Crippen LogP contribution in [0.3, 0.4) is 0 Å². The Bertz CT molecular complexity index is 888. The van der Waals surface area contributed by atoms with E-state index in [4.69, 9.17) is 10.5 Å². The fourth-order valence-corrected chi connectivity index (χ4v) is 3.70. The number of benzene rings is 1. The molecule has 2 rings (SSSR count). The van der Waals surface area contributed by atoms with Crippen molar-refractivity contribution in [2.24, 2.45) is 5.73 Å². The number of carbonyl (C=O) groups excluding carboxylic acids is 4. The highest BCUT2D eigenvalue weighted by Crippen LogP contribution is 2.27. The Morgan fingerprint density at radius 2 is 1.94 bits per heavy atom. The molecule has 0 unspecified atom stereocenters. The van der Waals surface area contributed by atoms with Crippen LogP contribution in [-0.4, -0.2) is 70.0 Å². The van der Waals surface area contributed by atoms with Gasteiger partial charge in [0.2, 0.25) is 17.7 Å². The summed E-state index contributed by atoms with van der Waals surface area (Å²) in [7, 11) is 0. The normalized spacial score (nSPS) is 19.7. The third-order valence-corrected chi connectivity index (χ3v) is 5.22. The molecule has 0 radical (unpaired) electrons. The SMILES string of the molecule is CCOC(=O)C[C@@H](c1ccc([N+](=O)[O-])cc1)[C@@H](NC(=O)[C@@H]1C[C@@H](O)CN1C(C)=O)C(N)=O. The van der Waals surface area contributed by atoms with E-state index in [1.165, 1.54) is 36.1 Å². The van der Waals surface area contributed by atoms with Gasteiger partial charge in [-0.25, -0.2) is 0 Å². The molecule has 12 heteroatoms. The Morgan fingerprint density at radius 1 is 1.31 bits per heavy atom. The second kappa shape index (κ2) is 10.7. The minimum absolute atomic E-state index is 0.0169. The maximum atomic E-state index is 12.9. The van der Waals surface area contributed by atoms with Crippen LogP contribution in [0.5, 0.6) is 0 Å². The van der Waals surface area contributed by atoms with Gasteiger partial charge in [0.1, 0.15) is 12.1 Å². The molecule has 12 nitrogen and oxygen atoms in total. The fourth-order valence-electron chi connectivity index (χ4n) is 3.70. The molecule has 0 saturated carbocycles. The molecule has 1 fully saturated rings. The summed E-state index contributed by atoms with van der Waals surface area (Å²) in [5, 5.41) is 23.3. The molecule has 174 valence electrons. The molecule has 0 bridgehead atoms. The number of hydrogen-bond donors (Lipinski definition) is 3. The number of nitrogens with zero attached hydrogens (tertiary/aromatic N) is 2. The van der Waals surface area contributed by atoms with Gasteiger partial charge in [-0.05, 0) is 12.5 Å². The summed E-state index contributed by atoms with van der Waals surface area (Å²) >= 11 is 0. The molecule has 4 N–H and O–H groups in total. The molecule has 1 aromatic rings. The van der Waals surface area contributed by atoms with Gasteiger partial charge in [-0.2, -0.15) is 0 Å². The number of ether oxygens (including phenoxy) is 1. The van der Waals surface area contributed by atoms with Crippen LogP contribution >= 0.6 is 0 Å². The minimum Gasteiger partial charge on any atom is -0.466 e. The number of non-ortho nitro benzene ring substituents is 1. The van der Waals surface area contributed by atoms with E-state index in [1.54, 1.807) is 6.92 Å². The zero-order valence-electron chi connectivity index (χ0n) is 17.7. The van der Waals surface area contributed by atoms with E-state index in [0.29, 0.717) is 5.56 Å². The topological polar surface area (TPSA) is 182 Å². The summed E-state index contributed by atoms with van der Waals surface area (Å²) in [4.78, 5) is 60.7. The molecular weight excluding hydrogens is 424 g/mol. The minimum atomic E-state index is -1.38. The second-order valence-electron chi connectivity index (χ2n) is 7.43. The highest BCUT2D eigenvalue weighted by molar-refractivity contribution is 5.92. The van der Waals surface area contributed by atoms with Gasteiger partial charge in [0, 0.05) is 37.9 Å². The highest BCUT2D eigenvalue weighted by atomic mass is 16.6. The van der Waals surface area contributed by atoms with Crippen LogP contribution in [0, 0.1) is 10.1 Å². The van der Waals surface area contributed by atoms with Gasteiger partial charge in [-0.15, -0.1) is 0 Å². The first-order chi connectivity index (χ1) is 15.0. The average molecular weight is 450 g/mol. The van der Waals surface area contributed by atoms with Gasteiger partial charge >= 0.3 is 5.97 Å². The van der Waals surface area contributed by atoms with Crippen LogP contribution in [0.4, 0.5) is 5.69 Å². The molecule has 1 aliphatic heterocycles. The first-order valence-corrected chi connectivity index (χ1v) is 10.00. The summed E-state index contributed by atoms with van der Waals surface area (Å²) < 4.78 is 4.96. The van der Waals surface area contributed by atoms with E-state index in [2.05, 4.69) is 5.32 Å². The lowest BCUT2D eigenvalue weighted by atomic mass is 9.87. The molecule has 0 aromatic heterocycles. The van der Waals surface area contributed by atoms with Gasteiger partial charge in [-0.1, -0.05) is 12.1 Å². The summed E-state index contributed by atoms with van der Waals surface area (Å²) in [6.07, 6.45) is -1.24. The standard InChI is InChI=1S/C20H26N4O8/c1-3-32-17(27)9-15(12-4-6-13(7-5-12)24(30)31)18(19(21)28)22-20(29)16-8-14(26)10-23(16)11(2)25/h4-7,14-16,18,26H,3,8-10H2,1-2H3,(H2,21,28)(H,22,29)/t14-,15+,16+,18-/m1/s1. The number of amides is 3. The first kappa shape index (κ1) is 24.7. The summed E-state index contributed by atoms with van der Waals surface area (Å²) in [6, 6.07) is 2.76. The molecule has 1 aromatic carbocycles. The molecular formula is C20H26N4O8. The number of aliphatic hydroxyl groups is 1. The molecule has 0 spiro atoms. The number of likely N-dealkylation sites (tertiary alicyclic amines) is 1. The largest absolute Gasteiger partial charge is 0.466 e. The third-order valence-electron chi connectivity index (χ3n) is 5.22. The summed E-state index contributed by atoms with van der Waals surface area (Å²) in [6.45, 7) is 2.93. The van der Waals surface area contributed by atoms with Crippen LogP contribution in [0.2, 0.25) is 0 Å². The van der Waals surface area contributed by atoms with Crippen molar-refractivity contribution >= 4 is 29.4 Å². The second-order valence-corrected chi connectivity index (χ2v) is 7.43. The number of nitro benzene ring substituents is 1. The summed E-state index contributed by atoms with van der Waals surface area (Å²) in [5.41, 5.74) is 5.68. The van der Waals surface area contributed by atoms with Gasteiger partial charge < -0.3 is 25.8 Å². The predicted octanol–water partition coefficient (Wildman–Crippen LogP) is -0.417. The Balaban J connectivity index is 2.35. The maximum absolute atomic E-state index is 12.9. The zero-order valence-corrected chi connectivity index (χ0v) is 17.7. The number of aliphatic hydroxyl groups excluding tert-OH is 1. The molecule has 3 amide bonds. The van der Waals surface area contributed by atoms with Gasteiger partial charge in [-0.3, -0.25) is 29.3 Å². The van der Waals surface area contributed by atoms with Crippen molar-refractivity contribution in [1.29, 1.82) is 0 Å². The van der Waals surface area contributed by atoms with Gasteiger partial charge in [0.25, 0.3) is 5.69 Å². The Morgan fingerprint density at radius 3 is 2.44 bits per heavy atom. The number of carbonyl (C=O) groups is 4. The van der Waals surface area contributed by atoms with Crippen molar-refractivity contribution in [3.8, 4) is 0 Å². The number of nitro groups is 1. The van der Waals surface area contributed by atoms with Crippen LogP contribution < -0.4 is 11.1 Å². The molecule has 1 heterocycles. The lowest BCUT2D eigenvalue weighted by molar-refractivity contribution is -0.384. The van der Waals surface area contributed by atoms with Crippen molar-refractivity contribution in [2.75, 3.05) is 13.2 Å². The van der Waals surface area contributed by atoms with Crippen LogP contribution in [0.1, 0.15) is 38.2 Å². The summed E-state index contributed by atoms with van der Waals surface area (Å²) in [5.74, 6) is -3.71. The Hall–Kier alpha value is -3.54. The van der Waals surface area contributed by atoms with E-state index >= 15 is 0 Å². The maximum Gasteiger partial charge on any atom is 0.306 e. The fraction of sp³-hybridized carbons (Fsp3) is 0.500. The van der Waals surface area contributed by atoms with Crippen molar-refractivity contribution < 1.29 is 33.9 Å². The van der Waals surface area contributed by atoms with Crippen LogP contribution in [0.15, 0.2) is 24.3 Å². The van der Waals surface area contributed by atoms with E-state index in [-0.39, 0.29) is 31.7 Å². The van der Waals surface area contributed by atoms with E-state index in [1.807, 2.05) is 0 Å². The lowest BCUT2D eigenvalue weighted by Crippen LogP contribution is -2.54. The average Bonchev–Trinajstić information content (AvgIpc) is 3.12. The molecule has 4 atom stereocenters. The van der Waals surface area contributed by atoms with Gasteiger partial charge in [0.15, 0.2) is 0 Å². The van der Waals surface area contributed by atoms with E-state index in [0.717, 1.165) is 0 Å². The quantitative estimate of drug-likeness (QED) is 0.257. The lowest BCUT2D eigenvalue weighted by Gasteiger charge is -2.28. The Labute approximate surface area is 183 Å². The number of β-amino-alcohol motifs (C(OH)–C–C–N with tert-alkyl or cyclic N) is 1. The first-order valence-electron chi connectivity index (χ1n) is 10.00. The van der Waals surface area contributed by atoms with E-state index < -0.39 is 52.7 Å². The van der Waals surface area contributed by atoms with Crippen molar-refractivity contribution in [3.63, 3.8) is 0 Å². The van der Waals surface area contributed by atoms with Crippen molar-refractivity contribution in [1.82, 2.24) is 10.2 Å². The van der Waals surface area contributed by atoms with Gasteiger partial charge in [0.05, 0.1) is 24.1 Å².